The summed E-state index contributed by atoms with van der Waals surface area (Å²) in [6.07, 6.45) is 8.62. The number of hydrogen-bond acceptors (Lipinski definition) is 6. The summed E-state index contributed by atoms with van der Waals surface area (Å²) in [5, 5.41) is 7.48. The highest BCUT2D eigenvalue weighted by Gasteiger charge is 2.31. The predicted molar refractivity (Wildman–Crippen MR) is 99.1 cm³/mol. The lowest BCUT2D eigenvalue weighted by Gasteiger charge is -2.22. The Labute approximate surface area is 156 Å². The summed E-state index contributed by atoms with van der Waals surface area (Å²) >= 11 is 0. The van der Waals surface area contributed by atoms with Crippen LogP contribution < -0.4 is 10.9 Å². The molecule has 1 aliphatic heterocycles. The molecule has 0 aromatic carbocycles. The number of amides is 1. The minimum absolute atomic E-state index is 0.0122. The minimum Gasteiger partial charge on any atom is -0.352 e. The smallest absolute Gasteiger partial charge is 0.264 e. The van der Waals surface area contributed by atoms with Gasteiger partial charge in [-0.25, -0.2) is 18.1 Å². The van der Waals surface area contributed by atoms with Gasteiger partial charge in [-0.05, 0) is 19.3 Å². The molecule has 2 aliphatic rings. The van der Waals surface area contributed by atoms with Gasteiger partial charge < -0.3 is 5.32 Å². The standard InChI is InChI=1S/C17H23N5O4S/c23-15(20-12-4-2-1-3-5-12)9-21-11-18-16-14(17(21)24)8-19-22(16)13-6-7-27(25,26)10-13/h8,11-13H,1-7,9-10H2,(H,20,23)/t13-/m0/s1. The molecule has 0 radical (unpaired) electrons. The molecule has 1 aliphatic carbocycles. The maximum atomic E-state index is 12.7. The first-order chi connectivity index (χ1) is 12.9. The zero-order valence-corrected chi connectivity index (χ0v) is 15.8. The Bertz CT molecular complexity index is 1020. The van der Waals surface area contributed by atoms with Gasteiger partial charge in [0.1, 0.15) is 18.3 Å². The number of carbonyl (C=O) groups is 1. The topological polar surface area (TPSA) is 116 Å². The quantitative estimate of drug-likeness (QED) is 0.804. The van der Waals surface area contributed by atoms with Crippen LogP contribution >= 0.6 is 0 Å². The van der Waals surface area contributed by atoms with E-state index in [1.165, 1.54) is 28.2 Å². The van der Waals surface area contributed by atoms with Crippen molar-refractivity contribution in [2.75, 3.05) is 11.5 Å². The number of sulfone groups is 1. The molecule has 27 heavy (non-hydrogen) atoms. The van der Waals surface area contributed by atoms with Crippen molar-refractivity contribution in [1.82, 2.24) is 24.6 Å². The minimum atomic E-state index is -3.06. The predicted octanol–water partition coefficient (Wildman–Crippen LogP) is 0.401. The number of aromatic nitrogens is 4. The lowest BCUT2D eigenvalue weighted by atomic mass is 9.95. The molecule has 2 aromatic heterocycles. The summed E-state index contributed by atoms with van der Waals surface area (Å²) < 4.78 is 26.2. The van der Waals surface area contributed by atoms with Crippen molar-refractivity contribution < 1.29 is 13.2 Å². The fraction of sp³-hybridized carbons (Fsp3) is 0.647. The van der Waals surface area contributed by atoms with Crippen LogP contribution in [-0.4, -0.2) is 51.2 Å². The highest BCUT2D eigenvalue weighted by atomic mass is 32.2. The van der Waals surface area contributed by atoms with Crippen LogP contribution in [-0.2, 0) is 21.2 Å². The Kier molecular flexibility index (Phi) is 4.75. The summed E-state index contributed by atoms with van der Waals surface area (Å²) in [5.41, 5.74) is 0.0249. The molecule has 146 valence electrons. The maximum Gasteiger partial charge on any atom is 0.264 e. The first-order valence-electron chi connectivity index (χ1n) is 9.35. The second-order valence-electron chi connectivity index (χ2n) is 7.46. The third-order valence-corrected chi connectivity index (χ3v) is 7.17. The van der Waals surface area contributed by atoms with Gasteiger partial charge >= 0.3 is 0 Å². The summed E-state index contributed by atoms with van der Waals surface area (Å²) in [6.45, 7) is -0.0821. The normalized spacial score (nSPS) is 22.9. The highest BCUT2D eigenvalue weighted by molar-refractivity contribution is 7.91. The number of fused-ring (bicyclic) bond motifs is 1. The largest absolute Gasteiger partial charge is 0.352 e. The Morgan fingerprint density at radius 2 is 2.00 bits per heavy atom. The van der Waals surface area contributed by atoms with Gasteiger partial charge in [0, 0.05) is 6.04 Å². The van der Waals surface area contributed by atoms with Crippen molar-refractivity contribution in [3.8, 4) is 0 Å². The van der Waals surface area contributed by atoms with Gasteiger partial charge in [0.25, 0.3) is 5.56 Å². The van der Waals surface area contributed by atoms with Crippen LogP contribution in [0.5, 0.6) is 0 Å². The van der Waals surface area contributed by atoms with E-state index in [9.17, 15) is 18.0 Å². The molecule has 0 bridgehead atoms. The van der Waals surface area contributed by atoms with Crippen LogP contribution in [0.1, 0.15) is 44.6 Å². The molecule has 1 N–H and O–H groups in total. The molecule has 4 rings (SSSR count). The van der Waals surface area contributed by atoms with Crippen molar-refractivity contribution in [3.63, 3.8) is 0 Å². The van der Waals surface area contributed by atoms with E-state index in [0.29, 0.717) is 17.5 Å². The number of carbonyl (C=O) groups excluding carboxylic acids is 1. The Balaban J connectivity index is 1.53. The Hall–Kier alpha value is -2.23. The second kappa shape index (κ2) is 7.06. The molecular formula is C17H23N5O4S. The van der Waals surface area contributed by atoms with Gasteiger partial charge in [0.2, 0.25) is 5.91 Å². The molecule has 1 saturated carbocycles. The number of rotatable bonds is 4. The summed E-state index contributed by atoms with van der Waals surface area (Å²) in [6, 6.07) is -0.115. The molecule has 2 fully saturated rings. The molecule has 3 heterocycles. The fourth-order valence-electron chi connectivity index (χ4n) is 3.99. The molecule has 0 spiro atoms. The monoisotopic (exact) mass is 393 g/mol. The molecule has 1 saturated heterocycles. The van der Waals surface area contributed by atoms with Gasteiger partial charge in [0.05, 0.1) is 23.7 Å². The van der Waals surface area contributed by atoms with E-state index in [1.807, 2.05) is 0 Å². The Morgan fingerprint density at radius 3 is 2.70 bits per heavy atom. The van der Waals surface area contributed by atoms with E-state index in [4.69, 9.17) is 0 Å². The lowest BCUT2D eigenvalue weighted by Crippen LogP contribution is -2.39. The molecular weight excluding hydrogens is 370 g/mol. The molecule has 1 amide bonds. The van der Waals surface area contributed by atoms with Crippen molar-refractivity contribution in [3.05, 3.63) is 22.9 Å². The van der Waals surface area contributed by atoms with Crippen molar-refractivity contribution >= 4 is 26.8 Å². The third-order valence-electron chi connectivity index (χ3n) is 5.42. The second-order valence-corrected chi connectivity index (χ2v) is 9.69. The maximum absolute atomic E-state index is 12.7. The number of nitrogens with zero attached hydrogens (tertiary/aromatic N) is 4. The van der Waals surface area contributed by atoms with Crippen LogP contribution in [0.15, 0.2) is 17.3 Å². The summed E-state index contributed by atoms with van der Waals surface area (Å²) in [5.74, 6) is -0.0603. The highest BCUT2D eigenvalue weighted by Crippen LogP contribution is 2.25. The molecule has 9 nitrogen and oxygen atoms in total. The van der Waals surface area contributed by atoms with Gasteiger partial charge in [-0.2, -0.15) is 5.10 Å². The number of nitrogens with one attached hydrogen (secondary N) is 1. The van der Waals surface area contributed by atoms with E-state index in [0.717, 1.165) is 25.7 Å². The van der Waals surface area contributed by atoms with Crippen molar-refractivity contribution in [2.24, 2.45) is 0 Å². The summed E-state index contributed by atoms with van der Waals surface area (Å²) in [7, 11) is -3.06. The van der Waals surface area contributed by atoms with Crippen LogP contribution in [0.4, 0.5) is 0 Å². The average molecular weight is 393 g/mol. The van der Waals surface area contributed by atoms with Crippen LogP contribution in [0, 0.1) is 0 Å². The van der Waals surface area contributed by atoms with E-state index in [2.05, 4.69) is 15.4 Å². The van der Waals surface area contributed by atoms with Crippen LogP contribution in [0.25, 0.3) is 11.0 Å². The SMILES string of the molecule is O=C(Cn1cnc2c(cnn2[C@H]2CCS(=O)(=O)C2)c1=O)NC1CCCCC1. The molecule has 1 atom stereocenters. The number of hydrogen-bond donors (Lipinski definition) is 1. The third kappa shape index (κ3) is 3.76. The average Bonchev–Trinajstić information content (AvgIpc) is 3.21. The van der Waals surface area contributed by atoms with Gasteiger partial charge in [-0.3, -0.25) is 14.2 Å². The first-order valence-corrected chi connectivity index (χ1v) is 11.2. The Morgan fingerprint density at radius 1 is 1.22 bits per heavy atom. The van der Waals surface area contributed by atoms with Gasteiger partial charge in [0.15, 0.2) is 15.5 Å². The molecule has 10 heteroatoms. The van der Waals surface area contributed by atoms with E-state index in [-0.39, 0.29) is 41.6 Å². The van der Waals surface area contributed by atoms with Crippen LogP contribution in [0.2, 0.25) is 0 Å². The first kappa shape index (κ1) is 18.1. The van der Waals surface area contributed by atoms with Crippen LogP contribution in [0.3, 0.4) is 0 Å². The van der Waals surface area contributed by atoms with E-state index >= 15 is 0 Å². The zero-order chi connectivity index (χ0) is 19.0. The van der Waals surface area contributed by atoms with E-state index in [1.54, 1.807) is 0 Å². The van der Waals surface area contributed by atoms with Gasteiger partial charge in [-0.1, -0.05) is 19.3 Å². The molecule has 2 aromatic rings. The fourth-order valence-corrected chi connectivity index (χ4v) is 5.68. The lowest BCUT2D eigenvalue weighted by molar-refractivity contribution is -0.122. The molecule has 0 unspecified atom stereocenters. The van der Waals surface area contributed by atoms with E-state index < -0.39 is 9.84 Å². The summed E-state index contributed by atoms with van der Waals surface area (Å²) in [4.78, 5) is 29.2. The van der Waals surface area contributed by atoms with Crippen molar-refractivity contribution in [2.45, 2.75) is 57.2 Å². The van der Waals surface area contributed by atoms with Gasteiger partial charge in [-0.15, -0.1) is 0 Å². The zero-order valence-electron chi connectivity index (χ0n) is 15.0. The van der Waals surface area contributed by atoms with Crippen molar-refractivity contribution in [1.29, 1.82) is 0 Å².